The molecular weight excluding hydrogens is 276 g/mol. The van der Waals surface area contributed by atoms with Gasteiger partial charge in [0, 0.05) is 12.6 Å². The predicted octanol–water partition coefficient (Wildman–Crippen LogP) is 0.467. The SMILES string of the molecule is CCn1cc(O[C@@H]2COC[C@@H]2NC(=O)c2ccon2)cn1. The van der Waals surface area contributed by atoms with Crippen molar-refractivity contribution < 1.29 is 18.8 Å². The number of nitrogens with zero attached hydrogens (tertiary/aromatic N) is 3. The van der Waals surface area contributed by atoms with Gasteiger partial charge in [0.1, 0.15) is 12.4 Å². The Kier molecular flexibility index (Phi) is 3.87. The Balaban J connectivity index is 1.61. The number of carbonyl (C=O) groups is 1. The molecule has 0 saturated carbocycles. The summed E-state index contributed by atoms with van der Waals surface area (Å²) in [6.07, 6.45) is 4.57. The highest BCUT2D eigenvalue weighted by Gasteiger charge is 2.32. The highest BCUT2D eigenvalue weighted by Crippen LogP contribution is 2.16. The van der Waals surface area contributed by atoms with Crippen LogP contribution >= 0.6 is 0 Å². The molecule has 1 fully saturated rings. The molecule has 3 rings (SSSR count). The standard InChI is InChI=1S/C13H16N4O4/c1-2-17-6-9(5-14-17)21-12-8-19-7-11(12)15-13(18)10-3-4-20-16-10/h3-6,11-12H,2,7-8H2,1H3,(H,15,18)/t11-,12+/m0/s1. The van der Waals surface area contributed by atoms with E-state index in [0.29, 0.717) is 19.0 Å². The zero-order valence-corrected chi connectivity index (χ0v) is 11.6. The van der Waals surface area contributed by atoms with Crippen LogP contribution in [0.3, 0.4) is 0 Å². The first kappa shape index (κ1) is 13.6. The Morgan fingerprint density at radius 3 is 3.19 bits per heavy atom. The molecule has 0 aromatic carbocycles. The molecule has 2 aromatic heterocycles. The quantitative estimate of drug-likeness (QED) is 0.861. The number of amides is 1. The van der Waals surface area contributed by atoms with E-state index in [1.165, 1.54) is 12.3 Å². The van der Waals surface area contributed by atoms with Gasteiger partial charge in [-0.05, 0) is 6.92 Å². The van der Waals surface area contributed by atoms with Crippen LogP contribution in [0.1, 0.15) is 17.4 Å². The van der Waals surface area contributed by atoms with Crippen molar-refractivity contribution >= 4 is 5.91 Å². The number of aromatic nitrogens is 3. The Labute approximate surface area is 121 Å². The lowest BCUT2D eigenvalue weighted by Gasteiger charge is -2.19. The largest absolute Gasteiger partial charge is 0.482 e. The Morgan fingerprint density at radius 2 is 2.48 bits per heavy atom. The number of aryl methyl sites for hydroxylation is 1. The summed E-state index contributed by atoms with van der Waals surface area (Å²) < 4.78 is 17.6. The topological polar surface area (TPSA) is 91.4 Å². The predicted molar refractivity (Wildman–Crippen MR) is 70.9 cm³/mol. The molecule has 1 amide bonds. The summed E-state index contributed by atoms with van der Waals surface area (Å²) in [6, 6.07) is 1.27. The molecule has 3 heterocycles. The maximum atomic E-state index is 11.9. The van der Waals surface area contributed by atoms with E-state index in [-0.39, 0.29) is 23.7 Å². The summed E-state index contributed by atoms with van der Waals surface area (Å²) in [5, 5.41) is 10.6. The van der Waals surface area contributed by atoms with Gasteiger partial charge in [0.2, 0.25) is 0 Å². The van der Waals surface area contributed by atoms with E-state index in [1.54, 1.807) is 10.9 Å². The summed E-state index contributed by atoms with van der Waals surface area (Å²) in [6.45, 7) is 3.59. The van der Waals surface area contributed by atoms with Gasteiger partial charge in [0.15, 0.2) is 11.4 Å². The number of rotatable bonds is 5. The number of ether oxygens (including phenoxy) is 2. The Hall–Kier alpha value is -2.35. The van der Waals surface area contributed by atoms with Crippen LogP contribution in [0.2, 0.25) is 0 Å². The highest BCUT2D eigenvalue weighted by molar-refractivity contribution is 5.92. The van der Waals surface area contributed by atoms with Gasteiger partial charge >= 0.3 is 0 Å². The lowest BCUT2D eigenvalue weighted by atomic mass is 10.2. The molecule has 1 saturated heterocycles. The van der Waals surface area contributed by atoms with Gasteiger partial charge in [-0.2, -0.15) is 5.10 Å². The number of nitrogens with one attached hydrogen (secondary N) is 1. The van der Waals surface area contributed by atoms with Crippen molar-refractivity contribution in [1.29, 1.82) is 0 Å². The third-order valence-electron chi connectivity index (χ3n) is 3.24. The van der Waals surface area contributed by atoms with Gasteiger partial charge in [0.25, 0.3) is 5.91 Å². The minimum atomic E-state index is -0.308. The second-order valence-corrected chi connectivity index (χ2v) is 4.69. The van der Waals surface area contributed by atoms with E-state index in [9.17, 15) is 4.79 Å². The average molecular weight is 292 g/mol. The first-order chi connectivity index (χ1) is 10.3. The minimum Gasteiger partial charge on any atom is -0.482 e. The van der Waals surface area contributed by atoms with Gasteiger partial charge in [-0.15, -0.1) is 0 Å². The molecule has 0 unspecified atom stereocenters. The van der Waals surface area contributed by atoms with E-state index in [0.717, 1.165) is 6.54 Å². The zero-order chi connectivity index (χ0) is 14.7. The lowest BCUT2D eigenvalue weighted by Crippen LogP contribution is -2.45. The van der Waals surface area contributed by atoms with Gasteiger partial charge in [0.05, 0.1) is 31.6 Å². The Bertz CT molecular complexity index is 595. The van der Waals surface area contributed by atoms with Gasteiger partial charge in [-0.3, -0.25) is 9.48 Å². The van der Waals surface area contributed by atoms with E-state index in [4.69, 9.17) is 9.47 Å². The number of hydrogen-bond donors (Lipinski definition) is 1. The summed E-state index contributed by atoms with van der Waals surface area (Å²) in [5.41, 5.74) is 0.236. The van der Waals surface area contributed by atoms with Gasteiger partial charge in [-0.1, -0.05) is 5.16 Å². The molecule has 1 N–H and O–H groups in total. The van der Waals surface area contributed by atoms with Gasteiger partial charge < -0.3 is 19.3 Å². The molecular formula is C13H16N4O4. The van der Waals surface area contributed by atoms with Crippen LogP contribution in [-0.2, 0) is 11.3 Å². The van der Waals surface area contributed by atoms with Crippen LogP contribution in [0.15, 0.2) is 29.2 Å². The summed E-state index contributed by atoms with van der Waals surface area (Å²) >= 11 is 0. The number of carbonyl (C=O) groups excluding carboxylic acids is 1. The third-order valence-corrected chi connectivity index (χ3v) is 3.24. The second-order valence-electron chi connectivity index (χ2n) is 4.69. The van der Waals surface area contributed by atoms with E-state index in [2.05, 4.69) is 20.1 Å². The molecule has 112 valence electrons. The van der Waals surface area contributed by atoms with Crippen LogP contribution in [0.4, 0.5) is 0 Å². The zero-order valence-electron chi connectivity index (χ0n) is 11.6. The van der Waals surface area contributed by atoms with Crippen molar-refractivity contribution in [3.63, 3.8) is 0 Å². The van der Waals surface area contributed by atoms with Crippen molar-refractivity contribution in [2.75, 3.05) is 13.2 Å². The van der Waals surface area contributed by atoms with E-state index < -0.39 is 0 Å². The van der Waals surface area contributed by atoms with Crippen LogP contribution in [0.5, 0.6) is 5.75 Å². The molecule has 0 bridgehead atoms. The van der Waals surface area contributed by atoms with Crippen LogP contribution < -0.4 is 10.1 Å². The summed E-state index contributed by atoms with van der Waals surface area (Å²) in [5.74, 6) is 0.352. The maximum Gasteiger partial charge on any atom is 0.273 e. The Morgan fingerprint density at radius 1 is 1.57 bits per heavy atom. The molecule has 0 aliphatic carbocycles. The summed E-state index contributed by atoms with van der Waals surface area (Å²) in [4.78, 5) is 11.9. The lowest BCUT2D eigenvalue weighted by molar-refractivity contribution is 0.0895. The van der Waals surface area contributed by atoms with Crippen molar-refractivity contribution in [2.45, 2.75) is 25.6 Å². The average Bonchev–Trinajstić information content (AvgIpc) is 3.21. The van der Waals surface area contributed by atoms with Crippen LogP contribution in [0.25, 0.3) is 0 Å². The first-order valence-electron chi connectivity index (χ1n) is 6.74. The molecule has 1 aliphatic heterocycles. The first-order valence-corrected chi connectivity index (χ1v) is 6.74. The molecule has 2 atom stereocenters. The normalized spacial score (nSPS) is 21.4. The fraction of sp³-hybridized carbons (Fsp3) is 0.462. The third kappa shape index (κ3) is 3.05. The highest BCUT2D eigenvalue weighted by atomic mass is 16.5. The minimum absolute atomic E-state index is 0.236. The summed E-state index contributed by atoms with van der Waals surface area (Å²) in [7, 11) is 0. The van der Waals surface area contributed by atoms with E-state index >= 15 is 0 Å². The number of hydrogen-bond acceptors (Lipinski definition) is 6. The molecule has 0 spiro atoms. The van der Waals surface area contributed by atoms with Crippen molar-refractivity contribution in [1.82, 2.24) is 20.3 Å². The molecule has 1 aliphatic rings. The van der Waals surface area contributed by atoms with Crippen LogP contribution in [0, 0.1) is 0 Å². The molecule has 21 heavy (non-hydrogen) atoms. The molecule has 8 heteroatoms. The van der Waals surface area contributed by atoms with Crippen molar-refractivity contribution in [2.24, 2.45) is 0 Å². The van der Waals surface area contributed by atoms with Crippen molar-refractivity contribution in [3.8, 4) is 5.75 Å². The smallest absolute Gasteiger partial charge is 0.273 e. The van der Waals surface area contributed by atoms with Crippen LogP contribution in [-0.4, -0.2) is 46.2 Å². The molecule has 0 radical (unpaired) electrons. The second kappa shape index (κ2) is 5.96. The maximum absolute atomic E-state index is 11.9. The van der Waals surface area contributed by atoms with Crippen molar-refractivity contribution in [3.05, 3.63) is 30.4 Å². The molecule has 8 nitrogen and oxygen atoms in total. The van der Waals surface area contributed by atoms with E-state index in [1.807, 2.05) is 13.1 Å². The fourth-order valence-electron chi connectivity index (χ4n) is 2.11. The van der Waals surface area contributed by atoms with Gasteiger partial charge in [-0.25, -0.2) is 0 Å². The fourth-order valence-corrected chi connectivity index (χ4v) is 2.11. The monoisotopic (exact) mass is 292 g/mol. The molecule has 2 aromatic rings.